The predicted molar refractivity (Wildman–Crippen MR) is 461 cm³/mol. The lowest BCUT2D eigenvalue weighted by atomic mass is 10.1. The Balaban J connectivity index is 0.000000160. The van der Waals surface area contributed by atoms with Gasteiger partial charge < -0.3 is 31.9 Å². The molecular weight excluding hydrogens is 1590 g/mol. The summed E-state index contributed by atoms with van der Waals surface area (Å²) < 4.78 is 67.8. The van der Waals surface area contributed by atoms with Crippen LogP contribution < -0.4 is 36.6 Å². The first-order chi connectivity index (χ1) is 55.5. The van der Waals surface area contributed by atoms with Gasteiger partial charge in [0.25, 0.3) is 17.7 Å². The van der Waals surface area contributed by atoms with Crippen LogP contribution in [0.3, 0.4) is 0 Å². The Morgan fingerprint density at radius 1 is 0.431 bits per heavy atom. The molecule has 0 bridgehead atoms. The third kappa shape index (κ3) is 21.4. The number of aryl methyl sites for hydroxylation is 3. The number of rotatable bonds is 22. The molecule has 9 aromatic heterocycles. The Hall–Kier alpha value is -13.2. The van der Waals surface area contributed by atoms with Crippen LogP contribution in [0.2, 0.25) is 0 Å². The van der Waals surface area contributed by atoms with Gasteiger partial charge in [-0.25, -0.2) is 66.4 Å². The molecule has 0 saturated carbocycles. The molecule has 9 heterocycles. The van der Waals surface area contributed by atoms with Crippen LogP contribution in [0.4, 0.5) is 70.3 Å². The maximum Gasteiger partial charge on any atom is 0.275 e. The summed E-state index contributed by atoms with van der Waals surface area (Å²) in [7, 11) is -4.01. The molecule has 116 heavy (non-hydrogen) atoms. The van der Waals surface area contributed by atoms with Crippen LogP contribution >= 0.6 is 56.3 Å². The van der Waals surface area contributed by atoms with E-state index >= 15 is 0 Å². The highest BCUT2D eigenvalue weighted by Gasteiger charge is 2.25. The van der Waals surface area contributed by atoms with Gasteiger partial charge in [0.1, 0.15) is 38.9 Å². The summed E-state index contributed by atoms with van der Waals surface area (Å²) in [6, 6.07) is 50.7. The number of nitrogens with one attached hydrogen (secondary N) is 7. The molecule has 0 fully saturated rings. The highest BCUT2D eigenvalue weighted by molar-refractivity contribution is 8.14. The van der Waals surface area contributed by atoms with E-state index in [9.17, 15) is 36.0 Å². The van der Waals surface area contributed by atoms with Gasteiger partial charge in [0.15, 0.2) is 9.47 Å². The monoisotopic (exact) mass is 1660 g/mol. The number of hydrogen-bond acceptors (Lipinski definition) is 24. The highest BCUT2D eigenvalue weighted by Crippen LogP contribution is 2.40. The lowest BCUT2D eigenvalue weighted by Crippen LogP contribution is -2.14. The smallest absolute Gasteiger partial charge is 0.275 e. The standard InChI is InChI=1S/C28H23FN6OS2.C27H22FN7O3S2.C27H21FN6OS2.CH4/c1-17-6-11-21(15-23(17)34-27-31-14-12-22(33-27)19-5-4-13-30-16-19)32-26(36)24-25(37-28(35-24)38(2)3)18-7-9-20(29)10-8-18;1-16-5-10-20(14-22(16)33-26-30-13-11-21(32-26)18-4-3-12-29-15-18)31-25(36)23-24(17-6-8-19(28)9-7-17)39-27(34-23)35-40(2,37)38;1-16-5-10-20(14-22(16)33-26-30-13-11-21(32-26)18-4-3-12-29-15-18)31-25(35)23-24(37-27(34-23)36-2)17-6-8-19(28)9-7-17;/h4-16H,2H2,1,3H3,(H,32,36)(H,31,33,34);3-15H,1-2H3,(H,31,36)(H,34,35)(H,30,32,33);3-15H,1-2H3,(H,31,35)(H,30,32,33);1H4. The second-order valence-corrected chi connectivity index (χ2v) is 32.8. The molecule has 1 unspecified atom stereocenters. The molecule has 7 N–H and O–H groups in total. The number of pyridine rings is 3. The van der Waals surface area contributed by atoms with Crippen molar-refractivity contribution in [2.45, 2.75) is 36.9 Å². The van der Waals surface area contributed by atoms with E-state index in [-0.39, 0.29) is 57.9 Å². The second-order valence-electron chi connectivity index (χ2n) is 25.1. The molecule has 0 spiro atoms. The Labute approximate surface area is 684 Å². The summed E-state index contributed by atoms with van der Waals surface area (Å²) in [4.78, 5) is 94.1. The van der Waals surface area contributed by atoms with E-state index in [1.54, 1.807) is 98.2 Å². The lowest BCUT2D eigenvalue weighted by molar-refractivity contribution is 0.101. The predicted octanol–water partition coefficient (Wildman–Crippen LogP) is 19.7. The molecule has 15 aromatic rings. The molecule has 0 saturated heterocycles. The first-order valence-corrected chi connectivity index (χ1v) is 41.9. The van der Waals surface area contributed by atoms with Gasteiger partial charge >= 0.3 is 0 Å². The molecule has 3 amide bonds. The summed E-state index contributed by atoms with van der Waals surface area (Å²) in [6.45, 7) is 5.81. The van der Waals surface area contributed by atoms with E-state index in [4.69, 9.17) is 0 Å². The summed E-state index contributed by atoms with van der Waals surface area (Å²) in [5.41, 5.74) is 13.9. The van der Waals surface area contributed by atoms with Crippen LogP contribution in [-0.2, 0) is 10.0 Å². The van der Waals surface area contributed by atoms with Crippen molar-refractivity contribution in [2.24, 2.45) is 0 Å². The number of nitrogens with zero attached hydrogens (tertiary/aromatic N) is 12. The highest BCUT2D eigenvalue weighted by atomic mass is 32.2. The third-order valence-electron chi connectivity index (χ3n) is 16.6. The Bertz CT molecular complexity index is 6180. The number of amides is 3. The van der Waals surface area contributed by atoms with Gasteiger partial charge in [-0.05, 0) is 194 Å². The minimum Gasteiger partial charge on any atom is -0.324 e. The molecule has 0 aliphatic rings. The number of anilines is 10. The average Bonchev–Trinajstić information content (AvgIpc) is 1.65. The topological polar surface area (TPSA) is 324 Å². The fourth-order valence-electron chi connectivity index (χ4n) is 10.9. The molecule has 15 rings (SSSR count). The van der Waals surface area contributed by atoms with E-state index in [2.05, 4.69) is 102 Å². The molecule has 0 aliphatic heterocycles. The number of aromatic nitrogens is 12. The SMILES string of the molecule is C.C=S(C)c1nc(C(=O)Nc2ccc(C)c(Nc3nccc(-c4cccnc4)n3)c2)c(-c2ccc(F)cc2)s1.CSc1nc(C(=O)Nc2ccc(C)c(Nc3nccc(-c4cccnc4)n3)c2)c(-c2ccc(F)cc2)s1.Cc1ccc(NC(=O)c2nc(NS(C)(=O)=O)sc2-c2ccc(F)cc2)cc1Nc1nccc(-c2cccnc2)n1. The van der Waals surface area contributed by atoms with Gasteiger partial charge in [0.05, 0.1) is 38.0 Å². The lowest BCUT2D eigenvalue weighted by Gasteiger charge is -2.12. The number of sulfonamides is 1. The zero-order valence-electron chi connectivity index (χ0n) is 61.7. The third-order valence-corrected chi connectivity index (χ3v) is 23.1. The van der Waals surface area contributed by atoms with Crippen LogP contribution in [-0.4, -0.2) is 111 Å². The maximum absolute atomic E-state index is 13.5. The van der Waals surface area contributed by atoms with Crippen LogP contribution in [0.25, 0.3) is 65.1 Å². The second kappa shape index (κ2) is 37.6. The van der Waals surface area contributed by atoms with E-state index in [1.807, 2.05) is 124 Å². The van der Waals surface area contributed by atoms with E-state index in [0.717, 1.165) is 93.5 Å². The number of thiazole rings is 3. The van der Waals surface area contributed by atoms with Crippen molar-refractivity contribution in [3.05, 3.63) is 289 Å². The van der Waals surface area contributed by atoms with Crippen molar-refractivity contribution in [1.29, 1.82) is 0 Å². The number of hydrogen-bond donors (Lipinski definition) is 7. The van der Waals surface area contributed by atoms with Crippen molar-refractivity contribution in [2.75, 3.05) is 55.4 Å². The normalized spacial score (nSPS) is 11.1. The Morgan fingerprint density at radius 2 is 0.776 bits per heavy atom. The van der Waals surface area contributed by atoms with Crippen molar-refractivity contribution in [3.8, 4) is 65.1 Å². The maximum atomic E-state index is 13.5. The van der Waals surface area contributed by atoms with Crippen LogP contribution in [0.15, 0.2) is 246 Å². The Kier molecular flexibility index (Phi) is 26.7. The average molecular weight is 1660 g/mol. The number of thioether (sulfide) groups is 1. The fraction of sp³-hybridized carbons (Fsp3) is 0.0843. The number of halogens is 3. The van der Waals surface area contributed by atoms with Crippen LogP contribution in [0, 0.1) is 38.2 Å². The van der Waals surface area contributed by atoms with Crippen LogP contribution in [0.5, 0.6) is 0 Å². The largest absolute Gasteiger partial charge is 0.324 e. The number of benzene rings is 6. The van der Waals surface area contributed by atoms with Gasteiger partial charge in [-0.2, -0.15) is 0 Å². The zero-order chi connectivity index (χ0) is 80.7. The molecule has 33 heteroatoms. The van der Waals surface area contributed by atoms with Crippen LogP contribution in [0.1, 0.15) is 55.6 Å². The minimum atomic E-state index is -3.63. The zero-order valence-corrected chi connectivity index (χ0v) is 66.6. The van der Waals surface area contributed by atoms with E-state index < -0.39 is 21.7 Å². The van der Waals surface area contributed by atoms with Crippen molar-refractivity contribution in [1.82, 2.24) is 59.8 Å². The summed E-state index contributed by atoms with van der Waals surface area (Å²) in [6.07, 6.45) is 20.1. The minimum absolute atomic E-state index is 0. The summed E-state index contributed by atoms with van der Waals surface area (Å²) >= 11 is 5.22. The van der Waals surface area contributed by atoms with Gasteiger partial charge in [-0.1, -0.05) is 91.0 Å². The molecule has 24 nitrogen and oxygen atoms in total. The molecule has 1 atom stereocenters. The number of carbonyl (C=O) groups is 3. The van der Waals surface area contributed by atoms with E-state index in [1.165, 1.54) is 83.0 Å². The molecule has 6 aromatic carbocycles. The van der Waals surface area contributed by atoms with Gasteiger partial charge in [-0.15, -0.1) is 33.2 Å². The molecule has 0 radical (unpaired) electrons. The van der Waals surface area contributed by atoms with Gasteiger partial charge in [0.2, 0.25) is 27.9 Å². The van der Waals surface area contributed by atoms with Crippen molar-refractivity contribution in [3.63, 3.8) is 0 Å². The Morgan fingerprint density at radius 3 is 1.11 bits per heavy atom. The van der Waals surface area contributed by atoms with Gasteiger partial charge in [-0.3, -0.25) is 34.1 Å². The molecule has 0 aliphatic carbocycles. The van der Waals surface area contributed by atoms with Gasteiger partial charge in [0, 0.05) is 107 Å². The summed E-state index contributed by atoms with van der Waals surface area (Å²) in [5.74, 6) is 2.88. The first kappa shape index (κ1) is 82.3. The van der Waals surface area contributed by atoms with Crippen molar-refractivity contribution >= 4 is 147 Å². The van der Waals surface area contributed by atoms with E-state index in [0.29, 0.717) is 72.2 Å². The number of carbonyl (C=O) groups excluding carboxylic acids is 3. The quantitative estimate of drug-likeness (QED) is 0.0245. The summed E-state index contributed by atoms with van der Waals surface area (Å²) in [5, 5.41) is 18.4. The first-order valence-electron chi connectivity index (χ1n) is 34.6. The molecular formula is C83H70F3N19O5S6. The van der Waals surface area contributed by atoms with Crippen molar-refractivity contribution < 1.29 is 36.0 Å². The molecule has 584 valence electrons. The fourth-order valence-corrected chi connectivity index (χ4v) is 16.2.